The molecule has 0 fully saturated rings. The second-order valence-electron chi connectivity index (χ2n) is 4.31. The molecule has 0 saturated carbocycles. The van der Waals surface area contributed by atoms with E-state index in [9.17, 15) is 0 Å². The summed E-state index contributed by atoms with van der Waals surface area (Å²) in [6.45, 7) is 2.05. The molecule has 0 spiro atoms. The molecule has 19 heavy (non-hydrogen) atoms. The molecule has 0 amide bonds. The number of likely N-dealkylation sites (N-methyl/N-ethyl adjacent to an activating group) is 1. The molecule has 5 heteroatoms. The molecular formula is C14H17BrN2S2. The van der Waals surface area contributed by atoms with Gasteiger partial charge in [0.25, 0.3) is 0 Å². The number of aryl methyl sites for hydroxylation is 1. The number of benzene rings is 1. The Bertz CT molecular complexity index is 510. The molecule has 0 aliphatic carbocycles. The van der Waals surface area contributed by atoms with E-state index in [2.05, 4.69) is 62.8 Å². The SMILES string of the molecule is CNC(CSc1ccc(Br)cc1)Cc1csc(C)n1. The van der Waals surface area contributed by atoms with Crippen LogP contribution in [0.5, 0.6) is 0 Å². The van der Waals surface area contributed by atoms with Crippen LogP contribution in [0, 0.1) is 6.92 Å². The Morgan fingerprint density at radius 2 is 2.11 bits per heavy atom. The molecule has 1 N–H and O–H groups in total. The standard InChI is InChI=1S/C14H17BrN2S2/c1-10-17-13(9-18-10)7-12(16-2)8-19-14-5-3-11(15)4-6-14/h3-6,9,12,16H,7-8H2,1-2H3. The van der Waals surface area contributed by atoms with Gasteiger partial charge in [-0.1, -0.05) is 15.9 Å². The molecule has 1 atom stereocenters. The summed E-state index contributed by atoms with van der Waals surface area (Å²) in [5.41, 5.74) is 1.19. The molecule has 0 aliphatic heterocycles. The summed E-state index contributed by atoms with van der Waals surface area (Å²) in [6.07, 6.45) is 0.990. The number of thiazole rings is 1. The zero-order valence-electron chi connectivity index (χ0n) is 11.0. The molecule has 0 aliphatic rings. The highest BCUT2D eigenvalue weighted by Gasteiger charge is 2.10. The Hall–Kier alpha value is -0.360. The van der Waals surface area contributed by atoms with Gasteiger partial charge >= 0.3 is 0 Å². The van der Waals surface area contributed by atoms with Gasteiger partial charge in [0, 0.05) is 33.0 Å². The fraction of sp³-hybridized carbons (Fsp3) is 0.357. The first-order valence-electron chi connectivity index (χ1n) is 6.14. The van der Waals surface area contributed by atoms with Gasteiger partial charge in [0.2, 0.25) is 0 Å². The maximum atomic E-state index is 4.53. The Kier molecular flexibility index (Phi) is 5.88. The number of hydrogen-bond acceptors (Lipinski definition) is 4. The third-order valence-corrected chi connectivity index (χ3v) is 5.32. The molecule has 1 aromatic carbocycles. The topological polar surface area (TPSA) is 24.9 Å². The fourth-order valence-electron chi connectivity index (χ4n) is 1.73. The van der Waals surface area contributed by atoms with Crippen molar-refractivity contribution < 1.29 is 0 Å². The normalized spacial score (nSPS) is 12.6. The Labute approximate surface area is 131 Å². The molecule has 2 rings (SSSR count). The number of nitrogens with zero attached hydrogens (tertiary/aromatic N) is 1. The highest BCUT2D eigenvalue weighted by molar-refractivity contribution is 9.10. The zero-order valence-corrected chi connectivity index (χ0v) is 14.2. The average molecular weight is 357 g/mol. The zero-order chi connectivity index (χ0) is 13.7. The molecule has 102 valence electrons. The van der Waals surface area contributed by atoms with Crippen LogP contribution in [0.1, 0.15) is 10.7 Å². The smallest absolute Gasteiger partial charge is 0.0897 e. The van der Waals surface area contributed by atoms with Crippen LogP contribution in [0.25, 0.3) is 0 Å². The van der Waals surface area contributed by atoms with Crippen molar-refractivity contribution in [1.82, 2.24) is 10.3 Å². The molecule has 2 nitrogen and oxygen atoms in total. The molecule has 0 radical (unpaired) electrons. The van der Waals surface area contributed by atoms with E-state index in [1.165, 1.54) is 10.6 Å². The van der Waals surface area contributed by atoms with Crippen LogP contribution in [0.2, 0.25) is 0 Å². The van der Waals surface area contributed by atoms with Gasteiger partial charge in [-0.25, -0.2) is 4.98 Å². The lowest BCUT2D eigenvalue weighted by Crippen LogP contribution is -2.30. The predicted molar refractivity (Wildman–Crippen MR) is 88.3 cm³/mol. The molecule has 1 heterocycles. The van der Waals surface area contributed by atoms with Crippen molar-refractivity contribution in [2.75, 3.05) is 12.8 Å². The number of rotatable bonds is 6. The lowest BCUT2D eigenvalue weighted by Gasteiger charge is -2.14. The second kappa shape index (κ2) is 7.43. The van der Waals surface area contributed by atoms with Gasteiger partial charge < -0.3 is 5.32 Å². The largest absolute Gasteiger partial charge is 0.316 e. The van der Waals surface area contributed by atoms with Crippen LogP contribution in [0.15, 0.2) is 39.0 Å². The van der Waals surface area contributed by atoms with Crippen molar-refractivity contribution in [3.8, 4) is 0 Å². The summed E-state index contributed by atoms with van der Waals surface area (Å²) in [6, 6.07) is 8.92. The molecule has 2 aromatic rings. The van der Waals surface area contributed by atoms with E-state index in [4.69, 9.17) is 0 Å². The summed E-state index contributed by atoms with van der Waals surface area (Å²) in [7, 11) is 2.02. The number of halogens is 1. The minimum atomic E-state index is 0.454. The van der Waals surface area contributed by atoms with Crippen molar-refractivity contribution in [3.63, 3.8) is 0 Å². The lowest BCUT2D eigenvalue weighted by molar-refractivity contribution is 0.610. The number of aromatic nitrogens is 1. The third-order valence-electron chi connectivity index (χ3n) is 2.80. The summed E-state index contributed by atoms with van der Waals surface area (Å²) >= 11 is 7.06. The van der Waals surface area contributed by atoms with Crippen LogP contribution in [-0.2, 0) is 6.42 Å². The molecule has 1 aromatic heterocycles. The van der Waals surface area contributed by atoms with E-state index in [-0.39, 0.29) is 0 Å². The van der Waals surface area contributed by atoms with Gasteiger partial charge in [0.1, 0.15) is 0 Å². The van der Waals surface area contributed by atoms with E-state index < -0.39 is 0 Å². The minimum absolute atomic E-state index is 0.454. The minimum Gasteiger partial charge on any atom is -0.316 e. The van der Waals surface area contributed by atoms with E-state index in [1.807, 2.05) is 18.8 Å². The van der Waals surface area contributed by atoms with Crippen LogP contribution in [-0.4, -0.2) is 23.8 Å². The van der Waals surface area contributed by atoms with Crippen molar-refractivity contribution in [1.29, 1.82) is 0 Å². The Morgan fingerprint density at radius 1 is 1.37 bits per heavy atom. The highest BCUT2D eigenvalue weighted by Crippen LogP contribution is 2.22. The maximum absolute atomic E-state index is 4.53. The van der Waals surface area contributed by atoms with Crippen LogP contribution in [0.3, 0.4) is 0 Å². The maximum Gasteiger partial charge on any atom is 0.0897 e. The Morgan fingerprint density at radius 3 is 2.68 bits per heavy atom. The number of thioether (sulfide) groups is 1. The highest BCUT2D eigenvalue weighted by atomic mass is 79.9. The van der Waals surface area contributed by atoms with Gasteiger partial charge in [0.05, 0.1) is 10.7 Å². The van der Waals surface area contributed by atoms with Crippen LogP contribution < -0.4 is 5.32 Å². The fourth-order valence-corrected chi connectivity index (χ4v) is 3.62. The third kappa shape index (κ3) is 4.91. The van der Waals surface area contributed by atoms with Gasteiger partial charge in [-0.15, -0.1) is 23.1 Å². The Balaban J connectivity index is 1.87. The first-order valence-corrected chi connectivity index (χ1v) is 8.80. The summed E-state index contributed by atoms with van der Waals surface area (Å²) in [5.74, 6) is 1.05. The van der Waals surface area contributed by atoms with E-state index >= 15 is 0 Å². The second-order valence-corrected chi connectivity index (χ2v) is 7.38. The van der Waals surface area contributed by atoms with Gasteiger partial charge in [-0.3, -0.25) is 0 Å². The van der Waals surface area contributed by atoms with E-state index in [1.54, 1.807) is 11.3 Å². The first kappa shape index (κ1) is 15.0. The van der Waals surface area contributed by atoms with Crippen LogP contribution in [0.4, 0.5) is 0 Å². The average Bonchev–Trinajstić information content (AvgIpc) is 2.82. The quantitative estimate of drug-likeness (QED) is 0.787. The monoisotopic (exact) mass is 356 g/mol. The van der Waals surface area contributed by atoms with Crippen molar-refractivity contribution in [2.24, 2.45) is 0 Å². The van der Waals surface area contributed by atoms with Gasteiger partial charge in [-0.2, -0.15) is 0 Å². The predicted octanol–water partition coefficient (Wildman–Crippen LogP) is 4.14. The molecule has 0 bridgehead atoms. The molecular weight excluding hydrogens is 340 g/mol. The summed E-state index contributed by atoms with van der Waals surface area (Å²) in [5, 5.41) is 6.68. The van der Waals surface area contributed by atoms with Gasteiger partial charge in [0.15, 0.2) is 0 Å². The first-order chi connectivity index (χ1) is 9.17. The number of hydrogen-bond donors (Lipinski definition) is 1. The van der Waals surface area contributed by atoms with E-state index in [0.29, 0.717) is 6.04 Å². The van der Waals surface area contributed by atoms with Crippen molar-refractivity contribution >= 4 is 39.0 Å². The van der Waals surface area contributed by atoms with E-state index in [0.717, 1.165) is 21.7 Å². The van der Waals surface area contributed by atoms with Crippen molar-refractivity contribution in [2.45, 2.75) is 24.3 Å². The van der Waals surface area contributed by atoms with Crippen LogP contribution >= 0.6 is 39.0 Å². The number of nitrogens with one attached hydrogen (secondary N) is 1. The summed E-state index contributed by atoms with van der Waals surface area (Å²) < 4.78 is 1.12. The van der Waals surface area contributed by atoms with Gasteiger partial charge in [-0.05, 0) is 38.2 Å². The molecule has 1 unspecified atom stereocenters. The van der Waals surface area contributed by atoms with Crippen molar-refractivity contribution in [3.05, 3.63) is 44.8 Å². The molecule has 0 saturated heterocycles. The summed E-state index contributed by atoms with van der Waals surface area (Å²) in [4.78, 5) is 5.83. The lowest BCUT2D eigenvalue weighted by atomic mass is 10.2.